The molecular formula is C11H14N4O5. The molecule has 2 rings (SSSR count). The van der Waals surface area contributed by atoms with Gasteiger partial charge in [0.25, 0.3) is 5.88 Å². The van der Waals surface area contributed by atoms with Crippen LogP contribution in [0.5, 0.6) is 5.88 Å². The molecule has 1 saturated carbocycles. The van der Waals surface area contributed by atoms with Crippen LogP contribution in [0.4, 0.5) is 11.5 Å². The number of aromatic nitrogens is 2. The Hall–Kier alpha value is -2.45. The number of hydrogen-bond donors (Lipinski definition) is 2. The molecule has 1 fully saturated rings. The van der Waals surface area contributed by atoms with Crippen molar-refractivity contribution in [2.24, 2.45) is 5.92 Å². The summed E-state index contributed by atoms with van der Waals surface area (Å²) in [5, 5.41) is 23.0. The molecule has 0 spiro atoms. The number of nitro groups is 1. The first-order chi connectivity index (χ1) is 9.54. The van der Waals surface area contributed by atoms with Crippen LogP contribution in [0.3, 0.4) is 0 Å². The van der Waals surface area contributed by atoms with Gasteiger partial charge in [-0.3, -0.25) is 14.9 Å². The van der Waals surface area contributed by atoms with E-state index in [9.17, 15) is 14.9 Å². The average Bonchev–Trinajstić information content (AvgIpc) is 2.86. The maximum absolute atomic E-state index is 11.1. The quantitative estimate of drug-likeness (QED) is 0.606. The molecule has 1 heterocycles. The second kappa shape index (κ2) is 5.68. The van der Waals surface area contributed by atoms with Crippen molar-refractivity contribution in [1.29, 1.82) is 0 Å². The molecule has 9 heteroatoms. The number of methoxy groups -OCH3 is 1. The number of rotatable bonds is 5. The lowest BCUT2D eigenvalue weighted by molar-refractivity contribution is -0.385. The summed E-state index contributed by atoms with van der Waals surface area (Å²) in [7, 11) is 1.27. The van der Waals surface area contributed by atoms with E-state index in [1.54, 1.807) is 0 Å². The minimum atomic E-state index is -0.913. The first-order valence-corrected chi connectivity index (χ1v) is 6.07. The zero-order valence-electron chi connectivity index (χ0n) is 10.8. The molecule has 108 valence electrons. The molecule has 1 aliphatic rings. The third-order valence-corrected chi connectivity index (χ3v) is 3.32. The molecule has 20 heavy (non-hydrogen) atoms. The third kappa shape index (κ3) is 2.60. The van der Waals surface area contributed by atoms with Gasteiger partial charge in [-0.15, -0.1) is 0 Å². The van der Waals surface area contributed by atoms with Gasteiger partial charge in [0.1, 0.15) is 6.33 Å². The zero-order valence-corrected chi connectivity index (χ0v) is 10.8. The van der Waals surface area contributed by atoms with Crippen LogP contribution in [0, 0.1) is 16.0 Å². The van der Waals surface area contributed by atoms with E-state index < -0.39 is 16.8 Å². The summed E-state index contributed by atoms with van der Waals surface area (Å²) < 4.78 is 4.84. The van der Waals surface area contributed by atoms with Gasteiger partial charge in [-0.05, 0) is 12.8 Å². The van der Waals surface area contributed by atoms with Crippen molar-refractivity contribution in [2.75, 3.05) is 12.4 Å². The fourth-order valence-corrected chi connectivity index (χ4v) is 2.39. The van der Waals surface area contributed by atoms with Crippen LogP contribution in [0.1, 0.15) is 19.3 Å². The van der Waals surface area contributed by atoms with E-state index in [1.807, 2.05) is 0 Å². The van der Waals surface area contributed by atoms with Gasteiger partial charge in [-0.2, -0.15) is 4.98 Å². The van der Waals surface area contributed by atoms with Crippen molar-refractivity contribution >= 4 is 17.5 Å². The maximum Gasteiger partial charge on any atom is 0.372 e. The normalized spacial score (nSPS) is 21.4. The number of ether oxygens (including phenoxy) is 1. The fourth-order valence-electron chi connectivity index (χ4n) is 2.39. The smallest absolute Gasteiger partial charge is 0.372 e. The third-order valence-electron chi connectivity index (χ3n) is 3.32. The highest BCUT2D eigenvalue weighted by Gasteiger charge is 2.35. The van der Waals surface area contributed by atoms with Gasteiger partial charge in [0.2, 0.25) is 5.82 Å². The molecule has 0 aromatic carbocycles. The first kappa shape index (κ1) is 14.0. The largest absolute Gasteiger partial charge is 0.481 e. The van der Waals surface area contributed by atoms with Crippen molar-refractivity contribution < 1.29 is 19.6 Å². The lowest BCUT2D eigenvalue weighted by Crippen LogP contribution is -2.30. The van der Waals surface area contributed by atoms with Crippen molar-refractivity contribution in [1.82, 2.24) is 9.97 Å². The average molecular weight is 282 g/mol. The molecule has 1 aromatic rings. The molecule has 2 N–H and O–H groups in total. The van der Waals surface area contributed by atoms with Gasteiger partial charge in [0, 0.05) is 6.04 Å². The standard InChI is InChI=1S/C11H14N4O5/c1-20-10-8(15(18)19)9(12-5-13-10)14-7-4-2-3-6(7)11(16)17/h5-7H,2-4H2,1H3,(H,16,17)(H,12,13,14). The highest BCUT2D eigenvalue weighted by Crippen LogP contribution is 2.34. The van der Waals surface area contributed by atoms with Crippen LogP contribution >= 0.6 is 0 Å². The molecular weight excluding hydrogens is 268 g/mol. The van der Waals surface area contributed by atoms with Gasteiger partial charge in [-0.1, -0.05) is 6.42 Å². The van der Waals surface area contributed by atoms with E-state index >= 15 is 0 Å². The lowest BCUT2D eigenvalue weighted by atomic mass is 10.0. The number of carbonyl (C=O) groups is 1. The second-order valence-corrected chi connectivity index (χ2v) is 4.46. The summed E-state index contributed by atoms with van der Waals surface area (Å²) in [6, 6.07) is -0.384. The molecule has 1 aromatic heterocycles. The van der Waals surface area contributed by atoms with Crippen LogP contribution in [-0.2, 0) is 4.79 Å². The Kier molecular flexibility index (Phi) is 3.97. The minimum Gasteiger partial charge on any atom is -0.481 e. The molecule has 0 amide bonds. The second-order valence-electron chi connectivity index (χ2n) is 4.46. The van der Waals surface area contributed by atoms with Crippen molar-refractivity contribution in [2.45, 2.75) is 25.3 Å². The Morgan fingerprint density at radius 3 is 2.90 bits per heavy atom. The maximum atomic E-state index is 11.1. The van der Waals surface area contributed by atoms with E-state index in [4.69, 9.17) is 9.84 Å². The highest BCUT2D eigenvalue weighted by molar-refractivity contribution is 5.72. The predicted molar refractivity (Wildman–Crippen MR) is 67.6 cm³/mol. The van der Waals surface area contributed by atoms with E-state index in [0.717, 1.165) is 12.7 Å². The molecule has 0 radical (unpaired) electrons. The summed E-state index contributed by atoms with van der Waals surface area (Å²) in [4.78, 5) is 29.1. The summed E-state index contributed by atoms with van der Waals surface area (Å²) in [6.07, 6.45) is 3.06. The SMILES string of the molecule is COc1ncnc(NC2CCCC2C(=O)O)c1[N+](=O)[O-]. The Morgan fingerprint density at radius 1 is 1.55 bits per heavy atom. The summed E-state index contributed by atoms with van der Waals surface area (Å²) in [5.41, 5.74) is -0.383. The molecule has 2 atom stereocenters. The molecule has 2 unspecified atom stereocenters. The van der Waals surface area contributed by atoms with Gasteiger partial charge >= 0.3 is 11.7 Å². The zero-order chi connectivity index (χ0) is 14.7. The number of nitrogens with zero attached hydrogens (tertiary/aromatic N) is 3. The number of carboxylic acid groups (broad SMARTS) is 1. The van der Waals surface area contributed by atoms with Crippen LogP contribution in [0.15, 0.2) is 6.33 Å². The van der Waals surface area contributed by atoms with E-state index in [1.165, 1.54) is 7.11 Å². The predicted octanol–water partition coefficient (Wildman–Crippen LogP) is 1.06. The van der Waals surface area contributed by atoms with Gasteiger partial charge < -0.3 is 15.2 Å². The first-order valence-electron chi connectivity index (χ1n) is 6.07. The topological polar surface area (TPSA) is 127 Å². The molecule has 9 nitrogen and oxygen atoms in total. The van der Waals surface area contributed by atoms with Gasteiger partial charge in [0.05, 0.1) is 18.0 Å². The highest BCUT2D eigenvalue weighted by atomic mass is 16.6. The number of aliphatic carboxylic acids is 1. The van der Waals surface area contributed by atoms with Crippen molar-refractivity contribution in [3.05, 3.63) is 16.4 Å². The Bertz CT molecular complexity index is 536. The number of nitrogens with one attached hydrogen (secondary N) is 1. The summed E-state index contributed by atoms with van der Waals surface area (Å²) in [6.45, 7) is 0. The Morgan fingerprint density at radius 2 is 2.30 bits per heavy atom. The van der Waals surface area contributed by atoms with Crippen LogP contribution < -0.4 is 10.1 Å². The summed E-state index contributed by atoms with van der Waals surface area (Å²) >= 11 is 0. The molecule has 1 aliphatic carbocycles. The number of carboxylic acids is 1. The van der Waals surface area contributed by atoms with E-state index in [0.29, 0.717) is 12.8 Å². The van der Waals surface area contributed by atoms with Crippen molar-refractivity contribution in [3.63, 3.8) is 0 Å². The number of hydrogen-bond acceptors (Lipinski definition) is 7. The van der Waals surface area contributed by atoms with E-state index in [2.05, 4.69) is 15.3 Å². The molecule has 0 aliphatic heterocycles. The van der Waals surface area contributed by atoms with Crippen LogP contribution in [0.25, 0.3) is 0 Å². The van der Waals surface area contributed by atoms with Crippen LogP contribution in [0.2, 0.25) is 0 Å². The Labute approximate surface area is 114 Å². The lowest BCUT2D eigenvalue weighted by Gasteiger charge is -2.18. The van der Waals surface area contributed by atoms with E-state index in [-0.39, 0.29) is 23.4 Å². The molecule has 0 bridgehead atoms. The summed E-state index contributed by atoms with van der Waals surface area (Å²) in [5.74, 6) is -1.66. The van der Waals surface area contributed by atoms with Gasteiger partial charge in [-0.25, -0.2) is 4.98 Å². The van der Waals surface area contributed by atoms with Gasteiger partial charge in [0.15, 0.2) is 0 Å². The fraction of sp³-hybridized carbons (Fsp3) is 0.545. The minimum absolute atomic E-state index is 0.0139. The van der Waals surface area contributed by atoms with Crippen molar-refractivity contribution in [3.8, 4) is 5.88 Å². The van der Waals surface area contributed by atoms with Crippen LogP contribution in [-0.4, -0.2) is 39.1 Å². The number of anilines is 1. The Balaban J connectivity index is 2.29. The monoisotopic (exact) mass is 282 g/mol. The molecule has 0 saturated heterocycles.